The van der Waals surface area contributed by atoms with Gasteiger partial charge in [-0.1, -0.05) is 12.1 Å². The van der Waals surface area contributed by atoms with Gasteiger partial charge in [-0.3, -0.25) is 9.52 Å². The Kier molecular flexibility index (Phi) is 4.86. The molecule has 1 aliphatic rings. The minimum Gasteiger partial charge on any atom is -0.278 e. The molecule has 27 heavy (non-hydrogen) atoms. The molecule has 1 saturated heterocycles. The maximum Gasteiger partial charge on any atom is 0.261 e. The van der Waals surface area contributed by atoms with Gasteiger partial charge >= 0.3 is 0 Å². The second-order valence-electron chi connectivity index (χ2n) is 6.79. The summed E-state index contributed by atoms with van der Waals surface area (Å²) < 4.78 is 53.5. The van der Waals surface area contributed by atoms with E-state index in [0.29, 0.717) is 10.2 Å². The summed E-state index contributed by atoms with van der Waals surface area (Å²) in [5.74, 6) is -0.827. The molecule has 0 saturated carbocycles. The molecule has 1 amide bonds. The summed E-state index contributed by atoms with van der Waals surface area (Å²) in [6, 6.07) is 11.9. The van der Waals surface area contributed by atoms with E-state index in [1.807, 2.05) is 0 Å². The summed E-state index contributed by atoms with van der Waals surface area (Å²) >= 11 is 3.27. The lowest BCUT2D eigenvalue weighted by Crippen LogP contribution is -2.32. The van der Waals surface area contributed by atoms with E-state index in [4.69, 9.17) is 0 Å². The first kappa shape index (κ1) is 19.8. The van der Waals surface area contributed by atoms with E-state index in [2.05, 4.69) is 20.7 Å². The Hall–Kier alpha value is -1.91. The van der Waals surface area contributed by atoms with Crippen molar-refractivity contribution in [2.75, 3.05) is 14.8 Å². The zero-order valence-electron chi connectivity index (χ0n) is 14.5. The summed E-state index contributed by atoms with van der Waals surface area (Å²) in [5, 5.41) is 0. The standard InChI is InChI=1S/C17H17BrN2O5S2/c1-17(2)11-26(22,23)20(16(17)21)12-7-9-13(10-8-12)27(24,25)19-15-6-4-3-5-14(15)18/h3-10,19H,11H2,1-2H3. The fourth-order valence-corrected chi connectivity index (χ4v) is 6.47. The van der Waals surface area contributed by atoms with Crippen molar-refractivity contribution in [1.29, 1.82) is 0 Å². The molecule has 1 fully saturated rings. The van der Waals surface area contributed by atoms with Crippen molar-refractivity contribution >= 4 is 53.3 Å². The number of hydrogen-bond acceptors (Lipinski definition) is 5. The Balaban J connectivity index is 1.92. The minimum atomic E-state index is -3.87. The Morgan fingerprint density at radius 1 is 1.07 bits per heavy atom. The summed E-state index contributed by atoms with van der Waals surface area (Å²) in [5.41, 5.74) is -0.531. The van der Waals surface area contributed by atoms with Crippen LogP contribution in [0.5, 0.6) is 0 Å². The number of para-hydroxylation sites is 1. The average Bonchev–Trinajstić information content (AvgIpc) is 2.73. The number of nitrogens with zero attached hydrogens (tertiary/aromatic N) is 1. The number of rotatable bonds is 4. The summed E-state index contributed by atoms with van der Waals surface area (Å²) in [7, 11) is -7.66. The summed E-state index contributed by atoms with van der Waals surface area (Å²) in [6.07, 6.45) is 0. The number of carbonyl (C=O) groups is 1. The number of benzene rings is 2. The van der Waals surface area contributed by atoms with Crippen molar-refractivity contribution in [3.05, 3.63) is 53.0 Å². The number of nitrogens with one attached hydrogen (secondary N) is 1. The van der Waals surface area contributed by atoms with Gasteiger partial charge in [-0.15, -0.1) is 0 Å². The van der Waals surface area contributed by atoms with E-state index >= 15 is 0 Å². The highest BCUT2D eigenvalue weighted by molar-refractivity contribution is 9.10. The van der Waals surface area contributed by atoms with Crippen LogP contribution >= 0.6 is 15.9 Å². The first-order valence-electron chi connectivity index (χ1n) is 7.89. The van der Waals surface area contributed by atoms with Gasteiger partial charge in [0.05, 0.1) is 27.4 Å². The SMILES string of the molecule is CC1(C)CS(=O)(=O)N(c2ccc(S(=O)(=O)Nc3ccccc3Br)cc2)C1=O. The first-order chi connectivity index (χ1) is 12.4. The third kappa shape index (κ3) is 3.74. The lowest BCUT2D eigenvalue weighted by atomic mass is 9.95. The Morgan fingerprint density at radius 2 is 1.67 bits per heavy atom. The van der Waals surface area contributed by atoms with Crippen molar-refractivity contribution in [1.82, 2.24) is 0 Å². The lowest BCUT2D eigenvalue weighted by molar-refractivity contribution is -0.123. The molecule has 1 N–H and O–H groups in total. The van der Waals surface area contributed by atoms with E-state index in [1.165, 1.54) is 24.3 Å². The van der Waals surface area contributed by atoms with Gasteiger partial charge in [0.2, 0.25) is 15.9 Å². The molecule has 1 aliphatic heterocycles. The molecule has 0 aliphatic carbocycles. The molecule has 0 bridgehead atoms. The molecule has 2 aromatic rings. The molecule has 0 spiro atoms. The van der Waals surface area contributed by atoms with Gasteiger partial charge in [-0.05, 0) is 66.2 Å². The van der Waals surface area contributed by atoms with E-state index in [-0.39, 0.29) is 16.3 Å². The van der Waals surface area contributed by atoms with E-state index in [1.54, 1.807) is 38.1 Å². The van der Waals surface area contributed by atoms with Crippen molar-refractivity contribution in [2.45, 2.75) is 18.7 Å². The third-order valence-corrected chi connectivity index (χ3v) is 8.18. The number of anilines is 2. The second-order valence-corrected chi connectivity index (χ2v) is 11.1. The molecule has 0 unspecified atom stereocenters. The zero-order valence-corrected chi connectivity index (χ0v) is 17.7. The molecule has 3 rings (SSSR count). The van der Waals surface area contributed by atoms with Crippen molar-refractivity contribution < 1.29 is 21.6 Å². The van der Waals surface area contributed by atoms with Crippen LogP contribution in [0, 0.1) is 5.41 Å². The highest BCUT2D eigenvalue weighted by Crippen LogP contribution is 2.36. The van der Waals surface area contributed by atoms with Crippen LogP contribution in [0.15, 0.2) is 57.9 Å². The summed E-state index contributed by atoms with van der Waals surface area (Å²) in [6.45, 7) is 3.13. The topological polar surface area (TPSA) is 101 Å². The lowest BCUT2D eigenvalue weighted by Gasteiger charge is -2.18. The van der Waals surface area contributed by atoms with Crippen LogP contribution in [0.2, 0.25) is 0 Å². The maximum absolute atomic E-state index is 12.6. The first-order valence-corrected chi connectivity index (χ1v) is 11.8. The Morgan fingerprint density at radius 3 is 2.19 bits per heavy atom. The monoisotopic (exact) mass is 472 g/mol. The van der Waals surface area contributed by atoms with Gasteiger partial charge in [0.1, 0.15) is 0 Å². The van der Waals surface area contributed by atoms with E-state index in [0.717, 1.165) is 4.31 Å². The molecule has 0 radical (unpaired) electrons. The Labute approximate surface area is 166 Å². The smallest absolute Gasteiger partial charge is 0.261 e. The molecule has 2 aromatic carbocycles. The van der Waals surface area contributed by atoms with Crippen LogP contribution in [-0.4, -0.2) is 28.5 Å². The van der Waals surface area contributed by atoms with Crippen molar-refractivity contribution in [2.24, 2.45) is 5.41 Å². The van der Waals surface area contributed by atoms with Crippen LogP contribution < -0.4 is 9.03 Å². The van der Waals surface area contributed by atoms with Gasteiger partial charge in [0, 0.05) is 4.47 Å². The normalized spacial score (nSPS) is 18.5. The molecule has 7 nitrogen and oxygen atoms in total. The van der Waals surface area contributed by atoms with Crippen molar-refractivity contribution in [3.8, 4) is 0 Å². The van der Waals surface area contributed by atoms with E-state index < -0.39 is 31.4 Å². The van der Waals surface area contributed by atoms with Crippen molar-refractivity contribution in [3.63, 3.8) is 0 Å². The average molecular weight is 473 g/mol. The molecular formula is C17H17BrN2O5S2. The minimum absolute atomic E-state index is 0.0506. The highest BCUT2D eigenvalue weighted by atomic mass is 79.9. The van der Waals surface area contributed by atoms with Crippen LogP contribution in [0.4, 0.5) is 11.4 Å². The van der Waals surface area contributed by atoms with Gasteiger partial charge in [-0.2, -0.15) is 0 Å². The van der Waals surface area contributed by atoms with Gasteiger partial charge in [0.25, 0.3) is 10.0 Å². The fraction of sp³-hybridized carbons (Fsp3) is 0.235. The van der Waals surface area contributed by atoms with Gasteiger partial charge in [0.15, 0.2) is 0 Å². The van der Waals surface area contributed by atoms with Gasteiger partial charge in [-0.25, -0.2) is 21.1 Å². The predicted molar refractivity (Wildman–Crippen MR) is 106 cm³/mol. The number of halogens is 1. The summed E-state index contributed by atoms with van der Waals surface area (Å²) in [4.78, 5) is 12.4. The molecule has 1 heterocycles. The number of sulfonamides is 2. The van der Waals surface area contributed by atoms with Crippen LogP contribution in [0.3, 0.4) is 0 Å². The van der Waals surface area contributed by atoms with Gasteiger partial charge < -0.3 is 0 Å². The molecule has 0 atom stereocenters. The highest BCUT2D eigenvalue weighted by Gasteiger charge is 2.49. The number of hydrogen-bond donors (Lipinski definition) is 1. The number of carbonyl (C=O) groups excluding carboxylic acids is 1. The fourth-order valence-electron chi connectivity index (χ4n) is 2.77. The van der Waals surface area contributed by atoms with Crippen LogP contribution in [0.25, 0.3) is 0 Å². The quantitative estimate of drug-likeness (QED) is 0.736. The third-order valence-electron chi connectivity index (χ3n) is 4.08. The number of amides is 1. The second kappa shape index (κ2) is 6.61. The van der Waals surface area contributed by atoms with E-state index in [9.17, 15) is 21.6 Å². The largest absolute Gasteiger partial charge is 0.278 e. The van der Waals surface area contributed by atoms with Crippen LogP contribution in [0.1, 0.15) is 13.8 Å². The van der Waals surface area contributed by atoms with Crippen LogP contribution in [-0.2, 0) is 24.8 Å². The predicted octanol–water partition coefficient (Wildman–Crippen LogP) is 2.95. The molecule has 144 valence electrons. The maximum atomic E-state index is 12.6. The molecule has 0 aromatic heterocycles. The molecular weight excluding hydrogens is 456 g/mol. The Bertz CT molecular complexity index is 1110. The molecule has 10 heteroatoms. The zero-order chi connectivity index (χ0) is 20.0.